The molecule has 0 saturated heterocycles. The number of guanidine groups is 1. The molecule has 2 atom stereocenters. The summed E-state index contributed by atoms with van der Waals surface area (Å²) in [6.45, 7) is 0.422. The summed E-state index contributed by atoms with van der Waals surface area (Å²) in [5.41, 5.74) is -4.06. The van der Waals surface area contributed by atoms with Crippen molar-refractivity contribution >= 4 is 16.1 Å². The Hall–Kier alpha value is -3.50. The lowest BCUT2D eigenvalue weighted by molar-refractivity contribution is -0.0500. The van der Waals surface area contributed by atoms with E-state index < -0.39 is 26.9 Å². The Balaban J connectivity index is 1.43. The minimum atomic E-state index is -5.73. The molecule has 1 aliphatic carbocycles. The van der Waals surface area contributed by atoms with Crippen LogP contribution >= 0.6 is 0 Å². The SMILES string of the molecule is CN(C)C(Cc1ccc(OS(=O)(=O)C(F)(F)F)cc1)C1(NC(=NC#N)N[C@H]2COc3ccccc3C2)CC1. The van der Waals surface area contributed by atoms with E-state index in [4.69, 9.17) is 4.74 Å². The number of nitrogens with zero attached hydrogens (tertiary/aromatic N) is 3. The zero-order chi connectivity index (χ0) is 27.6. The van der Waals surface area contributed by atoms with Gasteiger partial charge >= 0.3 is 15.6 Å². The smallest absolute Gasteiger partial charge is 0.491 e. The molecule has 0 radical (unpaired) electrons. The molecule has 2 N–H and O–H groups in total. The summed E-state index contributed by atoms with van der Waals surface area (Å²) in [5, 5.41) is 16.0. The number of alkyl halides is 3. The van der Waals surface area contributed by atoms with Crippen LogP contribution in [0.15, 0.2) is 53.5 Å². The molecule has 38 heavy (non-hydrogen) atoms. The van der Waals surface area contributed by atoms with Gasteiger partial charge in [0.25, 0.3) is 0 Å². The van der Waals surface area contributed by atoms with Crippen molar-refractivity contribution in [1.29, 1.82) is 5.26 Å². The number of ether oxygens (including phenoxy) is 1. The number of halogens is 3. The van der Waals surface area contributed by atoms with Crippen molar-refractivity contribution in [3.63, 3.8) is 0 Å². The summed E-state index contributed by atoms with van der Waals surface area (Å²) in [7, 11) is -1.90. The van der Waals surface area contributed by atoms with E-state index in [9.17, 15) is 26.9 Å². The average Bonchev–Trinajstić information content (AvgIpc) is 3.62. The number of likely N-dealkylation sites (N-methyl/N-ethyl adjacent to an activating group) is 1. The maximum Gasteiger partial charge on any atom is 0.534 e. The topological polar surface area (TPSA) is 116 Å². The van der Waals surface area contributed by atoms with Crippen LogP contribution in [0.2, 0.25) is 0 Å². The van der Waals surface area contributed by atoms with Crippen molar-refractivity contribution in [2.75, 3.05) is 20.7 Å². The summed E-state index contributed by atoms with van der Waals surface area (Å²) in [4.78, 5) is 6.00. The van der Waals surface area contributed by atoms with Gasteiger partial charge in [-0.1, -0.05) is 30.3 Å². The number of nitriles is 1. The predicted molar refractivity (Wildman–Crippen MR) is 134 cm³/mol. The van der Waals surface area contributed by atoms with E-state index in [1.54, 1.807) is 0 Å². The van der Waals surface area contributed by atoms with Gasteiger partial charge in [0.1, 0.15) is 18.1 Å². The lowest BCUT2D eigenvalue weighted by Gasteiger charge is -2.35. The minimum absolute atomic E-state index is 0.0674. The Kier molecular flexibility index (Phi) is 7.75. The van der Waals surface area contributed by atoms with Crippen molar-refractivity contribution in [2.24, 2.45) is 4.99 Å². The fourth-order valence-corrected chi connectivity index (χ4v) is 5.08. The molecule has 1 saturated carbocycles. The zero-order valence-corrected chi connectivity index (χ0v) is 21.6. The van der Waals surface area contributed by atoms with E-state index in [1.807, 2.05) is 49.5 Å². The van der Waals surface area contributed by atoms with Crippen LogP contribution in [0.3, 0.4) is 0 Å². The molecule has 2 aliphatic rings. The third kappa shape index (κ3) is 6.31. The Bertz CT molecular complexity index is 1320. The summed E-state index contributed by atoms with van der Waals surface area (Å²) < 4.78 is 70.4. The number of para-hydroxylation sites is 1. The summed E-state index contributed by atoms with van der Waals surface area (Å²) in [6.07, 6.45) is 4.70. The van der Waals surface area contributed by atoms with E-state index in [0.717, 1.165) is 29.7 Å². The summed E-state index contributed by atoms with van der Waals surface area (Å²) in [5.74, 6) is 0.776. The molecule has 1 aliphatic heterocycles. The second kappa shape index (κ2) is 10.7. The van der Waals surface area contributed by atoms with E-state index in [0.29, 0.717) is 25.4 Å². The molecule has 4 rings (SSSR count). The van der Waals surface area contributed by atoms with Gasteiger partial charge in [-0.2, -0.15) is 26.9 Å². The van der Waals surface area contributed by atoms with Gasteiger partial charge in [0.15, 0.2) is 0 Å². The monoisotopic (exact) mass is 551 g/mol. The Morgan fingerprint density at radius 3 is 2.53 bits per heavy atom. The van der Waals surface area contributed by atoms with Crippen LogP contribution in [0.25, 0.3) is 0 Å². The molecule has 13 heteroatoms. The number of hydrogen-bond acceptors (Lipinski definition) is 7. The molecular weight excluding hydrogens is 523 g/mol. The second-order valence-electron chi connectivity index (χ2n) is 9.62. The van der Waals surface area contributed by atoms with Crippen molar-refractivity contribution < 1.29 is 30.5 Å². The fraction of sp³-hybridized carbons (Fsp3) is 0.440. The number of fused-ring (bicyclic) bond motifs is 1. The number of aliphatic imine (C=N–C) groups is 1. The number of nitrogens with one attached hydrogen (secondary N) is 2. The molecule has 0 amide bonds. The van der Waals surface area contributed by atoms with Crippen LogP contribution < -0.4 is 19.6 Å². The molecule has 2 aromatic carbocycles. The van der Waals surface area contributed by atoms with E-state index in [-0.39, 0.29) is 12.1 Å². The molecule has 1 heterocycles. The molecule has 1 fully saturated rings. The number of benzene rings is 2. The molecule has 9 nitrogen and oxygen atoms in total. The highest BCUT2D eigenvalue weighted by molar-refractivity contribution is 7.88. The quantitative estimate of drug-likeness (QED) is 0.169. The average molecular weight is 552 g/mol. The van der Waals surface area contributed by atoms with Crippen molar-refractivity contribution in [3.05, 3.63) is 59.7 Å². The largest absolute Gasteiger partial charge is 0.534 e. The fourth-order valence-electron chi connectivity index (χ4n) is 4.62. The van der Waals surface area contributed by atoms with Crippen LogP contribution in [0, 0.1) is 11.5 Å². The Labute approximate surface area is 219 Å². The third-order valence-corrected chi connectivity index (χ3v) is 7.62. The Morgan fingerprint density at radius 1 is 1.24 bits per heavy atom. The standard InChI is InChI=1S/C25H28F3N5O4S/c1-33(2)22(13-17-7-9-20(10-8-17)37-38(34,35)25(26,27)28)24(11-12-24)32-23(30-16-29)31-19-14-18-5-3-4-6-21(18)36-15-19/h3-10,19,22H,11-15H2,1-2H3,(H2,30,31,32)/t19-,22?/m1/s1. The highest BCUT2D eigenvalue weighted by Crippen LogP contribution is 2.42. The first kappa shape index (κ1) is 27.5. The van der Waals surface area contributed by atoms with Crippen molar-refractivity contribution in [3.8, 4) is 17.7 Å². The second-order valence-corrected chi connectivity index (χ2v) is 11.2. The van der Waals surface area contributed by atoms with Gasteiger partial charge in [-0.25, -0.2) is 0 Å². The minimum Gasteiger partial charge on any atom is -0.491 e. The number of rotatable bonds is 8. The Morgan fingerprint density at radius 2 is 1.92 bits per heavy atom. The van der Waals surface area contributed by atoms with Gasteiger partial charge in [-0.15, -0.1) is 4.99 Å². The van der Waals surface area contributed by atoms with Crippen molar-refractivity contribution in [1.82, 2.24) is 15.5 Å². The first-order chi connectivity index (χ1) is 17.9. The highest BCUT2D eigenvalue weighted by atomic mass is 32.2. The van der Waals surface area contributed by atoms with Crippen molar-refractivity contribution in [2.45, 2.75) is 48.8 Å². The molecule has 204 valence electrons. The lowest BCUT2D eigenvalue weighted by atomic mass is 9.96. The van der Waals surface area contributed by atoms with Gasteiger partial charge in [-0.3, -0.25) is 0 Å². The van der Waals surface area contributed by atoms with E-state index >= 15 is 0 Å². The maximum atomic E-state index is 12.6. The van der Waals surface area contributed by atoms with Crippen LogP contribution in [0.4, 0.5) is 13.2 Å². The lowest BCUT2D eigenvalue weighted by Crippen LogP contribution is -2.58. The van der Waals surface area contributed by atoms with Crippen LogP contribution in [-0.4, -0.2) is 63.1 Å². The molecule has 0 spiro atoms. The highest BCUT2D eigenvalue weighted by Gasteiger charge is 2.51. The predicted octanol–water partition coefficient (Wildman–Crippen LogP) is 2.94. The molecule has 0 aromatic heterocycles. The van der Waals surface area contributed by atoms with Gasteiger partial charge in [-0.05, 0) is 69.1 Å². The van der Waals surface area contributed by atoms with Gasteiger partial charge in [0.05, 0.1) is 11.6 Å². The van der Waals surface area contributed by atoms with Crippen LogP contribution in [0.5, 0.6) is 11.5 Å². The van der Waals surface area contributed by atoms with Crippen LogP contribution in [0.1, 0.15) is 24.0 Å². The zero-order valence-electron chi connectivity index (χ0n) is 20.8. The summed E-state index contributed by atoms with van der Waals surface area (Å²) >= 11 is 0. The maximum absolute atomic E-state index is 12.6. The number of hydrogen-bond donors (Lipinski definition) is 2. The molecule has 0 bridgehead atoms. The molecule has 2 aromatic rings. The van der Waals surface area contributed by atoms with E-state index in [1.165, 1.54) is 24.3 Å². The van der Waals surface area contributed by atoms with Gasteiger partial charge < -0.3 is 24.5 Å². The van der Waals surface area contributed by atoms with Gasteiger partial charge in [0, 0.05) is 6.04 Å². The normalized spacial score (nSPS) is 19.5. The van der Waals surface area contributed by atoms with Crippen LogP contribution in [-0.2, 0) is 23.0 Å². The molecule has 1 unspecified atom stereocenters. The molecular formula is C25H28F3N5O4S. The summed E-state index contributed by atoms with van der Waals surface area (Å²) in [6, 6.07) is 13.1. The first-order valence-corrected chi connectivity index (χ1v) is 13.3. The van der Waals surface area contributed by atoms with E-state index in [2.05, 4.69) is 19.8 Å². The third-order valence-electron chi connectivity index (χ3n) is 6.64. The van der Waals surface area contributed by atoms with Gasteiger partial charge in [0.2, 0.25) is 12.2 Å². The first-order valence-electron chi connectivity index (χ1n) is 11.9.